The third kappa shape index (κ3) is 7.63. The quantitative estimate of drug-likeness (QED) is 0.760. The van der Waals surface area contributed by atoms with Crippen LogP contribution in [0.5, 0.6) is 0 Å². The van der Waals surface area contributed by atoms with E-state index >= 15 is 0 Å². The van der Waals surface area contributed by atoms with Gasteiger partial charge in [0.25, 0.3) is 0 Å². The van der Waals surface area contributed by atoms with E-state index in [2.05, 4.69) is 71.1 Å². The normalized spacial score (nSPS) is 13.7. The third-order valence-corrected chi connectivity index (χ3v) is 3.57. The fourth-order valence-electron chi connectivity index (χ4n) is 2.47. The maximum Gasteiger partial charge on any atom is 0.0598 e. The van der Waals surface area contributed by atoms with E-state index in [-0.39, 0.29) is 5.60 Å². The van der Waals surface area contributed by atoms with Gasteiger partial charge in [-0.25, -0.2) is 0 Å². The Morgan fingerprint density at radius 1 is 1.10 bits per heavy atom. The molecule has 1 unspecified atom stereocenters. The van der Waals surface area contributed by atoms with Crippen LogP contribution in [0.3, 0.4) is 0 Å². The van der Waals surface area contributed by atoms with Crippen LogP contribution in [0.4, 0.5) is 0 Å². The molecule has 120 valence electrons. The summed E-state index contributed by atoms with van der Waals surface area (Å²) in [6.45, 7) is 16.0. The summed E-state index contributed by atoms with van der Waals surface area (Å²) >= 11 is 0. The van der Waals surface area contributed by atoms with Crippen molar-refractivity contribution >= 4 is 0 Å². The van der Waals surface area contributed by atoms with Gasteiger partial charge < -0.3 is 10.1 Å². The maximum absolute atomic E-state index is 5.92. The minimum Gasteiger partial charge on any atom is -0.376 e. The van der Waals surface area contributed by atoms with E-state index in [9.17, 15) is 0 Å². The Labute approximate surface area is 131 Å². The Morgan fingerprint density at radius 3 is 2.33 bits per heavy atom. The van der Waals surface area contributed by atoms with E-state index in [0.717, 1.165) is 26.1 Å². The molecule has 0 saturated heterocycles. The van der Waals surface area contributed by atoms with Crippen LogP contribution in [0.15, 0.2) is 24.3 Å². The zero-order valence-electron chi connectivity index (χ0n) is 14.7. The highest BCUT2D eigenvalue weighted by Crippen LogP contribution is 2.23. The largest absolute Gasteiger partial charge is 0.376 e. The number of aryl methyl sites for hydroxylation is 1. The summed E-state index contributed by atoms with van der Waals surface area (Å²) in [6.07, 6.45) is 1.06. The van der Waals surface area contributed by atoms with Crippen LogP contribution < -0.4 is 5.32 Å². The van der Waals surface area contributed by atoms with Crippen molar-refractivity contribution in [2.75, 3.05) is 19.7 Å². The summed E-state index contributed by atoms with van der Waals surface area (Å²) in [5.41, 5.74) is 2.78. The molecule has 0 saturated carbocycles. The first-order valence-electron chi connectivity index (χ1n) is 8.20. The minimum absolute atomic E-state index is 0.0539. The SMILES string of the molecule is Cc1ccccc1C(CCOC(C)(C)C)CNCC(C)C. The molecule has 1 N–H and O–H groups in total. The average molecular weight is 291 g/mol. The van der Waals surface area contributed by atoms with Crippen molar-refractivity contribution in [3.8, 4) is 0 Å². The van der Waals surface area contributed by atoms with Gasteiger partial charge >= 0.3 is 0 Å². The molecule has 0 fully saturated rings. The van der Waals surface area contributed by atoms with Crippen molar-refractivity contribution in [2.24, 2.45) is 5.92 Å². The Bertz CT molecular complexity index is 406. The van der Waals surface area contributed by atoms with E-state index in [0.29, 0.717) is 11.8 Å². The first-order valence-corrected chi connectivity index (χ1v) is 8.20. The molecule has 1 aromatic rings. The van der Waals surface area contributed by atoms with E-state index < -0.39 is 0 Å². The monoisotopic (exact) mass is 291 g/mol. The zero-order chi connectivity index (χ0) is 15.9. The fraction of sp³-hybridized carbons (Fsp3) is 0.684. The summed E-state index contributed by atoms with van der Waals surface area (Å²) in [4.78, 5) is 0. The van der Waals surface area contributed by atoms with E-state index in [1.807, 2.05) is 0 Å². The van der Waals surface area contributed by atoms with Gasteiger partial charge in [-0.15, -0.1) is 0 Å². The zero-order valence-corrected chi connectivity index (χ0v) is 14.7. The van der Waals surface area contributed by atoms with Crippen LogP contribution >= 0.6 is 0 Å². The van der Waals surface area contributed by atoms with E-state index in [4.69, 9.17) is 4.74 Å². The second kappa shape index (κ2) is 8.55. The number of ether oxygens (including phenoxy) is 1. The molecule has 0 bridgehead atoms. The second-order valence-electron chi connectivity index (χ2n) is 7.36. The summed E-state index contributed by atoms with van der Waals surface area (Å²) < 4.78 is 5.92. The lowest BCUT2D eigenvalue weighted by atomic mass is 9.92. The van der Waals surface area contributed by atoms with Gasteiger partial charge in [-0.05, 0) is 63.6 Å². The predicted octanol–water partition coefficient (Wildman–Crippen LogP) is 4.53. The van der Waals surface area contributed by atoms with Crippen molar-refractivity contribution in [3.05, 3.63) is 35.4 Å². The lowest BCUT2D eigenvalue weighted by Gasteiger charge is -2.24. The van der Waals surface area contributed by atoms with Gasteiger partial charge in [0.05, 0.1) is 5.60 Å². The molecule has 0 aromatic heterocycles. The first kappa shape index (κ1) is 18.2. The van der Waals surface area contributed by atoms with Crippen LogP contribution in [0.2, 0.25) is 0 Å². The van der Waals surface area contributed by atoms with Gasteiger partial charge in [0.2, 0.25) is 0 Å². The number of hydrogen-bond donors (Lipinski definition) is 1. The Hall–Kier alpha value is -0.860. The molecule has 0 aliphatic heterocycles. The van der Waals surface area contributed by atoms with Gasteiger partial charge in [0, 0.05) is 13.2 Å². The van der Waals surface area contributed by atoms with Gasteiger partial charge in [0.1, 0.15) is 0 Å². The van der Waals surface area contributed by atoms with E-state index in [1.54, 1.807) is 0 Å². The molecule has 1 aromatic carbocycles. The smallest absolute Gasteiger partial charge is 0.0598 e. The van der Waals surface area contributed by atoms with Crippen molar-refractivity contribution in [1.29, 1.82) is 0 Å². The summed E-state index contributed by atoms with van der Waals surface area (Å²) in [7, 11) is 0. The molecule has 2 heteroatoms. The summed E-state index contributed by atoms with van der Waals surface area (Å²) in [5.74, 6) is 1.21. The summed E-state index contributed by atoms with van der Waals surface area (Å²) in [5, 5.41) is 3.60. The van der Waals surface area contributed by atoms with Crippen molar-refractivity contribution < 1.29 is 4.74 Å². The van der Waals surface area contributed by atoms with Crippen molar-refractivity contribution in [2.45, 2.75) is 59.5 Å². The molecule has 1 rings (SSSR count). The number of nitrogens with one attached hydrogen (secondary N) is 1. The molecule has 21 heavy (non-hydrogen) atoms. The second-order valence-corrected chi connectivity index (χ2v) is 7.36. The third-order valence-electron chi connectivity index (χ3n) is 3.57. The highest BCUT2D eigenvalue weighted by molar-refractivity contribution is 5.29. The van der Waals surface area contributed by atoms with Crippen LogP contribution in [-0.2, 0) is 4.74 Å². The molecule has 0 amide bonds. The van der Waals surface area contributed by atoms with Gasteiger partial charge in [0.15, 0.2) is 0 Å². The maximum atomic E-state index is 5.92. The molecule has 1 atom stereocenters. The standard InChI is InChI=1S/C19H33NO/c1-15(2)13-20-14-17(11-12-21-19(4,5)6)18-10-8-7-9-16(18)3/h7-10,15,17,20H,11-14H2,1-6H3. The predicted molar refractivity (Wildman–Crippen MR) is 91.9 cm³/mol. The van der Waals surface area contributed by atoms with Crippen molar-refractivity contribution in [1.82, 2.24) is 5.32 Å². The lowest BCUT2D eigenvalue weighted by molar-refractivity contribution is -0.00625. The Balaban J connectivity index is 2.64. The molecule has 0 heterocycles. The lowest BCUT2D eigenvalue weighted by Crippen LogP contribution is -2.27. The molecule has 2 nitrogen and oxygen atoms in total. The molecule has 0 aliphatic rings. The van der Waals surface area contributed by atoms with Crippen molar-refractivity contribution in [3.63, 3.8) is 0 Å². The fourth-order valence-corrected chi connectivity index (χ4v) is 2.47. The average Bonchev–Trinajstić information content (AvgIpc) is 2.36. The molecular formula is C19H33NO. The molecule has 0 radical (unpaired) electrons. The summed E-state index contributed by atoms with van der Waals surface area (Å²) in [6, 6.07) is 8.72. The number of hydrogen-bond acceptors (Lipinski definition) is 2. The molecule has 0 aliphatic carbocycles. The number of benzene rings is 1. The number of rotatable bonds is 8. The van der Waals surface area contributed by atoms with Gasteiger partial charge in [-0.1, -0.05) is 38.1 Å². The molecule has 0 spiro atoms. The molecular weight excluding hydrogens is 258 g/mol. The Morgan fingerprint density at radius 2 is 1.76 bits per heavy atom. The highest BCUT2D eigenvalue weighted by atomic mass is 16.5. The minimum atomic E-state index is -0.0539. The first-order chi connectivity index (χ1) is 9.79. The van der Waals surface area contributed by atoms with Gasteiger partial charge in [-0.2, -0.15) is 0 Å². The van der Waals surface area contributed by atoms with Crippen LogP contribution in [0.1, 0.15) is 58.1 Å². The Kier molecular flexibility index (Phi) is 7.41. The van der Waals surface area contributed by atoms with E-state index in [1.165, 1.54) is 11.1 Å². The topological polar surface area (TPSA) is 21.3 Å². The highest BCUT2D eigenvalue weighted by Gasteiger charge is 2.16. The van der Waals surface area contributed by atoms with Crippen LogP contribution in [0, 0.1) is 12.8 Å². The van der Waals surface area contributed by atoms with Gasteiger partial charge in [-0.3, -0.25) is 0 Å². The van der Waals surface area contributed by atoms with Crippen LogP contribution in [-0.4, -0.2) is 25.3 Å². The van der Waals surface area contributed by atoms with Crippen LogP contribution in [0.25, 0.3) is 0 Å².